The standard InChI is InChI=1S/C46H34O2/c1-4-14-38-34(10-1)43-31(12-7-15-39(43)46(38)29-20-26-19-27(22-29)23-30(46)21-26)28-24-36-32-9-2-5-16-40(32)48-45(36)37(25-28)33-13-8-18-42-44(33)35-11-3-6-17-41(35)47-42/h1-18,24-27,29-30H,19-23H2. The first-order valence-electron chi connectivity index (χ1n) is 17.9. The summed E-state index contributed by atoms with van der Waals surface area (Å²) in [5.41, 5.74) is 14.8. The van der Waals surface area contributed by atoms with E-state index in [1.54, 1.807) is 11.1 Å². The van der Waals surface area contributed by atoms with Gasteiger partial charge < -0.3 is 8.83 Å². The lowest BCUT2D eigenvalue weighted by Crippen LogP contribution is -2.55. The van der Waals surface area contributed by atoms with Crippen LogP contribution in [-0.4, -0.2) is 0 Å². The van der Waals surface area contributed by atoms with E-state index >= 15 is 0 Å². The van der Waals surface area contributed by atoms with Gasteiger partial charge in [0.05, 0.1) is 0 Å². The van der Waals surface area contributed by atoms with E-state index in [4.69, 9.17) is 8.83 Å². The van der Waals surface area contributed by atoms with Crippen molar-refractivity contribution in [3.05, 3.63) is 132 Å². The van der Waals surface area contributed by atoms with Crippen LogP contribution in [0.1, 0.15) is 43.2 Å². The van der Waals surface area contributed by atoms with Gasteiger partial charge in [-0.1, -0.05) is 91.0 Å². The molecule has 0 amide bonds. The molecule has 0 radical (unpaired) electrons. The highest BCUT2D eigenvalue weighted by Gasteiger charge is 2.61. The van der Waals surface area contributed by atoms with Crippen LogP contribution >= 0.6 is 0 Å². The highest BCUT2D eigenvalue weighted by Crippen LogP contribution is 2.70. The average Bonchev–Trinajstić information content (AvgIpc) is 3.78. The molecule has 5 aliphatic rings. The fourth-order valence-corrected chi connectivity index (χ4v) is 11.6. The molecule has 6 aromatic carbocycles. The fraction of sp³-hybridized carbons (Fsp3) is 0.217. The highest BCUT2D eigenvalue weighted by atomic mass is 16.3. The van der Waals surface area contributed by atoms with Crippen LogP contribution in [0.3, 0.4) is 0 Å². The molecule has 48 heavy (non-hydrogen) atoms. The molecular formula is C46H34O2. The first-order valence-corrected chi connectivity index (χ1v) is 17.9. The summed E-state index contributed by atoms with van der Waals surface area (Å²) in [4.78, 5) is 0. The molecule has 4 bridgehead atoms. The molecule has 2 nitrogen and oxygen atoms in total. The quantitative estimate of drug-likeness (QED) is 0.193. The van der Waals surface area contributed by atoms with Crippen LogP contribution < -0.4 is 0 Å². The summed E-state index contributed by atoms with van der Waals surface area (Å²) in [5.74, 6) is 3.35. The molecule has 1 spiro atoms. The number of hydrogen-bond acceptors (Lipinski definition) is 2. The SMILES string of the molecule is c1ccc2c(c1)-c1c(-c3cc(-c4cccc5oc6ccccc6c45)c4oc5ccccc5c4c3)cccc1C21C2CC3CC(C2)CC1C3. The Hall–Kier alpha value is -5.08. The number of hydrogen-bond donors (Lipinski definition) is 0. The van der Waals surface area contributed by atoms with E-state index in [-0.39, 0.29) is 5.41 Å². The van der Waals surface area contributed by atoms with Gasteiger partial charge in [0.2, 0.25) is 0 Å². The zero-order valence-corrected chi connectivity index (χ0v) is 26.7. The fourth-order valence-electron chi connectivity index (χ4n) is 11.6. The minimum absolute atomic E-state index is 0.145. The Morgan fingerprint density at radius 2 is 1.08 bits per heavy atom. The molecule has 4 fully saturated rings. The first kappa shape index (κ1) is 25.9. The summed E-state index contributed by atoms with van der Waals surface area (Å²) in [6, 6.07) is 44.9. The van der Waals surface area contributed by atoms with Crippen LogP contribution in [0.25, 0.3) is 77.3 Å². The first-order chi connectivity index (χ1) is 23.8. The van der Waals surface area contributed by atoms with Gasteiger partial charge in [-0.3, -0.25) is 0 Å². The number of para-hydroxylation sites is 2. The van der Waals surface area contributed by atoms with Crippen molar-refractivity contribution in [1.82, 2.24) is 0 Å². The van der Waals surface area contributed by atoms with Gasteiger partial charge in [0, 0.05) is 32.5 Å². The molecule has 0 atom stereocenters. The third-order valence-electron chi connectivity index (χ3n) is 13.1. The Labute approximate surface area is 279 Å². The minimum atomic E-state index is 0.145. The second-order valence-corrected chi connectivity index (χ2v) is 15.2. The van der Waals surface area contributed by atoms with Crippen molar-refractivity contribution in [3.63, 3.8) is 0 Å². The normalized spacial score (nSPS) is 25.2. The van der Waals surface area contributed by atoms with E-state index in [0.717, 1.165) is 78.7 Å². The lowest BCUT2D eigenvalue weighted by molar-refractivity contribution is -0.0399. The van der Waals surface area contributed by atoms with Crippen molar-refractivity contribution in [3.8, 4) is 33.4 Å². The molecule has 2 heteroatoms. The maximum Gasteiger partial charge on any atom is 0.143 e. The van der Waals surface area contributed by atoms with Crippen LogP contribution in [0.4, 0.5) is 0 Å². The lowest BCUT2D eigenvalue weighted by atomic mass is 9.43. The zero-order chi connectivity index (χ0) is 31.1. The van der Waals surface area contributed by atoms with E-state index in [2.05, 4.69) is 115 Å². The molecule has 8 aromatic rings. The minimum Gasteiger partial charge on any atom is -0.456 e. The van der Waals surface area contributed by atoms with Crippen molar-refractivity contribution >= 4 is 43.9 Å². The Morgan fingerprint density at radius 3 is 1.92 bits per heavy atom. The highest BCUT2D eigenvalue weighted by molar-refractivity contribution is 6.18. The number of fused-ring (bicyclic) bond motifs is 9. The van der Waals surface area contributed by atoms with Gasteiger partial charge in [-0.05, 0) is 125 Å². The number of benzene rings is 6. The van der Waals surface area contributed by atoms with E-state index in [1.165, 1.54) is 54.4 Å². The van der Waals surface area contributed by atoms with Gasteiger partial charge in [-0.15, -0.1) is 0 Å². The molecule has 230 valence electrons. The van der Waals surface area contributed by atoms with Crippen molar-refractivity contribution < 1.29 is 8.83 Å². The van der Waals surface area contributed by atoms with Crippen LogP contribution in [-0.2, 0) is 5.41 Å². The molecule has 13 rings (SSSR count). The summed E-state index contributed by atoms with van der Waals surface area (Å²) in [6.07, 6.45) is 7.04. The predicted octanol–water partition coefficient (Wildman–Crippen LogP) is 12.5. The van der Waals surface area contributed by atoms with Crippen LogP contribution in [0.5, 0.6) is 0 Å². The van der Waals surface area contributed by atoms with Crippen molar-refractivity contribution in [1.29, 1.82) is 0 Å². The van der Waals surface area contributed by atoms with Gasteiger partial charge in [0.25, 0.3) is 0 Å². The van der Waals surface area contributed by atoms with Crippen LogP contribution in [0.15, 0.2) is 130 Å². The average molecular weight is 619 g/mol. The van der Waals surface area contributed by atoms with Gasteiger partial charge in [-0.2, -0.15) is 0 Å². The Morgan fingerprint density at radius 1 is 0.458 bits per heavy atom. The molecule has 4 saturated carbocycles. The van der Waals surface area contributed by atoms with Crippen LogP contribution in [0.2, 0.25) is 0 Å². The Bertz CT molecular complexity index is 2620. The third kappa shape index (κ3) is 3.15. The Balaban J connectivity index is 1.17. The molecule has 0 unspecified atom stereocenters. The molecule has 2 heterocycles. The lowest BCUT2D eigenvalue weighted by Gasteiger charge is -2.61. The maximum absolute atomic E-state index is 6.74. The molecule has 0 aliphatic heterocycles. The van der Waals surface area contributed by atoms with Crippen LogP contribution in [0, 0.1) is 23.7 Å². The molecule has 0 saturated heterocycles. The Kier molecular flexibility index (Phi) is 4.91. The zero-order valence-electron chi connectivity index (χ0n) is 26.7. The van der Waals surface area contributed by atoms with Crippen molar-refractivity contribution in [2.24, 2.45) is 23.7 Å². The third-order valence-corrected chi connectivity index (χ3v) is 13.1. The second-order valence-electron chi connectivity index (χ2n) is 15.2. The maximum atomic E-state index is 6.74. The van der Waals surface area contributed by atoms with E-state index in [9.17, 15) is 0 Å². The predicted molar refractivity (Wildman–Crippen MR) is 195 cm³/mol. The van der Waals surface area contributed by atoms with Crippen molar-refractivity contribution in [2.45, 2.75) is 37.5 Å². The second kappa shape index (κ2) is 9.08. The summed E-state index contributed by atoms with van der Waals surface area (Å²) in [6.45, 7) is 0. The van der Waals surface area contributed by atoms with Gasteiger partial charge in [0.1, 0.15) is 22.3 Å². The number of furan rings is 2. The van der Waals surface area contributed by atoms with E-state index < -0.39 is 0 Å². The summed E-state index contributed by atoms with van der Waals surface area (Å²) in [5, 5.41) is 4.60. The number of rotatable bonds is 2. The molecule has 2 aromatic heterocycles. The topological polar surface area (TPSA) is 26.3 Å². The van der Waals surface area contributed by atoms with Crippen molar-refractivity contribution in [2.75, 3.05) is 0 Å². The van der Waals surface area contributed by atoms with Gasteiger partial charge in [0.15, 0.2) is 0 Å². The summed E-state index contributed by atoms with van der Waals surface area (Å²) < 4.78 is 13.1. The smallest absolute Gasteiger partial charge is 0.143 e. The van der Waals surface area contributed by atoms with Gasteiger partial charge >= 0.3 is 0 Å². The monoisotopic (exact) mass is 618 g/mol. The molecule has 0 N–H and O–H groups in total. The summed E-state index contributed by atoms with van der Waals surface area (Å²) >= 11 is 0. The van der Waals surface area contributed by atoms with E-state index in [0.29, 0.717) is 0 Å². The molecule has 5 aliphatic carbocycles. The van der Waals surface area contributed by atoms with E-state index in [1.807, 2.05) is 6.07 Å². The molecular weight excluding hydrogens is 585 g/mol. The largest absolute Gasteiger partial charge is 0.456 e. The van der Waals surface area contributed by atoms with Gasteiger partial charge in [-0.25, -0.2) is 0 Å². The summed E-state index contributed by atoms with van der Waals surface area (Å²) in [7, 11) is 0.